The number of pyridine rings is 1. The number of carbonyl (C=O) groups excluding carboxylic acids is 1. The molecule has 0 spiro atoms. The first kappa shape index (κ1) is 18.9. The van der Waals surface area contributed by atoms with Gasteiger partial charge in [-0.15, -0.1) is 0 Å². The topological polar surface area (TPSA) is 77.6 Å². The molecule has 29 heavy (non-hydrogen) atoms. The second-order valence-electron chi connectivity index (χ2n) is 6.94. The van der Waals surface area contributed by atoms with Gasteiger partial charge in [-0.25, -0.2) is 4.98 Å². The highest BCUT2D eigenvalue weighted by atomic mass is 16.1. The van der Waals surface area contributed by atoms with E-state index in [4.69, 9.17) is 4.98 Å². The van der Waals surface area contributed by atoms with E-state index in [1.807, 2.05) is 72.9 Å². The Morgan fingerprint density at radius 2 is 1.90 bits per heavy atom. The maximum absolute atomic E-state index is 13.1. The molecule has 0 atom stereocenters. The van der Waals surface area contributed by atoms with Gasteiger partial charge in [-0.3, -0.25) is 14.2 Å². The zero-order chi connectivity index (χ0) is 20.4. The monoisotopic (exact) mass is 388 g/mol. The summed E-state index contributed by atoms with van der Waals surface area (Å²) in [7, 11) is 0. The number of fused-ring (bicyclic) bond motifs is 1. The normalized spacial score (nSPS) is 11.1. The SMILES string of the molecule is CCn1cc(CNC(=O)c2cc(-c3cn(CC)nc3C)nc3ccccc23)cn1. The summed E-state index contributed by atoms with van der Waals surface area (Å²) in [6.07, 6.45) is 5.70. The largest absolute Gasteiger partial charge is 0.348 e. The quantitative estimate of drug-likeness (QED) is 0.548. The van der Waals surface area contributed by atoms with Crippen LogP contribution in [-0.4, -0.2) is 30.5 Å². The number of benzene rings is 1. The smallest absolute Gasteiger partial charge is 0.252 e. The molecule has 0 bridgehead atoms. The fraction of sp³-hybridized carbons (Fsp3) is 0.273. The summed E-state index contributed by atoms with van der Waals surface area (Å²) in [6, 6.07) is 9.57. The Morgan fingerprint density at radius 3 is 2.62 bits per heavy atom. The van der Waals surface area contributed by atoms with Crippen LogP contribution >= 0.6 is 0 Å². The Kier molecular flexibility index (Phi) is 5.12. The Morgan fingerprint density at radius 1 is 1.10 bits per heavy atom. The Balaban J connectivity index is 1.70. The second kappa shape index (κ2) is 7.87. The summed E-state index contributed by atoms with van der Waals surface area (Å²) in [6.45, 7) is 8.05. The van der Waals surface area contributed by atoms with Crippen LogP contribution in [0.2, 0.25) is 0 Å². The van der Waals surface area contributed by atoms with Crippen LogP contribution in [0.25, 0.3) is 22.2 Å². The predicted octanol–water partition coefficient (Wildman–Crippen LogP) is 3.57. The molecule has 4 aromatic rings. The molecule has 0 fully saturated rings. The molecular weight excluding hydrogens is 364 g/mol. The van der Waals surface area contributed by atoms with Crippen molar-refractivity contribution in [2.45, 2.75) is 40.4 Å². The predicted molar refractivity (Wildman–Crippen MR) is 112 cm³/mol. The third-order valence-electron chi connectivity index (χ3n) is 4.97. The van der Waals surface area contributed by atoms with Gasteiger partial charge in [0.15, 0.2) is 0 Å². The average molecular weight is 388 g/mol. The second-order valence-corrected chi connectivity index (χ2v) is 6.94. The summed E-state index contributed by atoms with van der Waals surface area (Å²) in [5, 5.41) is 12.6. The van der Waals surface area contributed by atoms with E-state index in [1.54, 1.807) is 6.20 Å². The number of amides is 1. The molecule has 4 rings (SSSR count). The number of hydrogen-bond donors (Lipinski definition) is 1. The van der Waals surface area contributed by atoms with Crippen LogP contribution < -0.4 is 5.32 Å². The van der Waals surface area contributed by atoms with E-state index in [2.05, 4.69) is 15.5 Å². The van der Waals surface area contributed by atoms with Crippen molar-refractivity contribution < 1.29 is 4.79 Å². The third kappa shape index (κ3) is 3.76. The molecule has 0 aliphatic rings. The molecule has 148 valence electrons. The van der Waals surface area contributed by atoms with Crippen LogP contribution in [0.5, 0.6) is 0 Å². The van der Waals surface area contributed by atoms with Gasteiger partial charge in [0.25, 0.3) is 5.91 Å². The van der Waals surface area contributed by atoms with Gasteiger partial charge in [0.1, 0.15) is 0 Å². The van der Waals surface area contributed by atoms with E-state index >= 15 is 0 Å². The highest BCUT2D eigenvalue weighted by Crippen LogP contribution is 2.26. The molecule has 3 heterocycles. The fourth-order valence-electron chi connectivity index (χ4n) is 3.38. The van der Waals surface area contributed by atoms with Crippen molar-refractivity contribution in [3.05, 3.63) is 65.7 Å². The highest BCUT2D eigenvalue weighted by molar-refractivity contribution is 6.07. The van der Waals surface area contributed by atoms with Crippen molar-refractivity contribution in [2.75, 3.05) is 0 Å². The Labute approximate surface area is 169 Å². The van der Waals surface area contributed by atoms with E-state index in [0.717, 1.165) is 46.5 Å². The van der Waals surface area contributed by atoms with E-state index < -0.39 is 0 Å². The lowest BCUT2D eigenvalue weighted by Crippen LogP contribution is -2.23. The molecule has 0 saturated carbocycles. The Hall–Kier alpha value is -3.48. The minimum absolute atomic E-state index is 0.130. The number of aryl methyl sites for hydroxylation is 3. The molecule has 1 amide bonds. The molecule has 7 nitrogen and oxygen atoms in total. The van der Waals surface area contributed by atoms with Crippen LogP contribution in [0.1, 0.15) is 35.5 Å². The van der Waals surface area contributed by atoms with Crippen molar-refractivity contribution >= 4 is 16.8 Å². The average Bonchev–Trinajstić information content (AvgIpc) is 3.37. The molecule has 0 aliphatic heterocycles. The molecule has 0 radical (unpaired) electrons. The van der Waals surface area contributed by atoms with Gasteiger partial charge in [0.05, 0.1) is 28.7 Å². The lowest BCUT2D eigenvalue weighted by molar-refractivity contribution is 0.0952. The summed E-state index contributed by atoms with van der Waals surface area (Å²) >= 11 is 0. The van der Waals surface area contributed by atoms with Crippen LogP contribution in [-0.2, 0) is 19.6 Å². The van der Waals surface area contributed by atoms with E-state index in [0.29, 0.717) is 12.1 Å². The van der Waals surface area contributed by atoms with Gasteiger partial charge < -0.3 is 5.32 Å². The lowest BCUT2D eigenvalue weighted by Gasteiger charge is -2.10. The van der Waals surface area contributed by atoms with Gasteiger partial charge in [0, 0.05) is 48.5 Å². The third-order valence-corrected chi connectivity index (χ3v) is 4.97. The molecule has 7 heteroatoms. The summed E-state index contributed by atoms with van der Waals surface area (Å²) < 4.78 is 3.72. The molecule has 1 aromatic carbocycles. The van der Waals surface area contributed by atoms with Gasteiger partial charge in [-0.1, -0.05) is 18.2 Å². The first-order chi connectivity index (χ1) is 14.1. The van der Waals surface area contributed by atoms with Crippen molar-refractivity contribution in [2.24, 2.45) is 0 Å². The molecule has 0 aliphatic carbocycles. The molecule has 0 unspecified atom stereocenters. The van der Waals surface area contributed by atoms with Crippen LogP contribution in [0.4, 0.5) is 0 Å². The minimum Gasteiger partial charge on any atom is -0.348 e. The number of aromatic nitrogens is 5. The van der Waals surface area contributed by atoms with Crippen molar-refractivity contribution in [1.82, 2.24) is 29.9 Å². The zero-order valence-electron chi connectivity index (χ0n) is 16.9. The van der Waals surface area contributed by atoms with Gasteiger partial charge in [0.2, 0.25) is 0 Å². The minimum atomic E-state index is -0.130. The summed E-state index contributed by atoms with van der Waals surface area (Å²) in [5.74, 6) is -0.130. The number of para-hydroxylation sites is 1. The van der Waals surface area contributed by atoms with Crippen molar-refractivity contribution in [3.8, 4) is 11.3 Å². The first-order valence-electron chi connectivity index (χ1n) is 9.82. The molecule has 0 saturated heterocycles. The van der Waals surface area contributed by atoms with Gasteiger partial charge in [-0.05, 0) is 32.9 Å². The zero-order valence-corrected chi connectivity index (χ0v) is 16.9. The number of rotatable bonds is 6. The number of carbonyl (C=O) groups is 1. The van der Waals surface area contributed by atoms with E-state index in [1.165, 1.54) is 0 Å². The lowest BCUT2D eigenvalue weighted by atomic mass is 10.0. The van der Waals surface area contributed by atoms with Crippen molar-refractivity contribution in [1.29, 1.82) is 0 Å². The Bertz CT molecular complexity index is 1170. The van der Waals surface area contributed by atoms with Crippen LogP contribution in [0.3, 0.4) is 0 Å². The van der Waals surface area contributed by atoms with Gasteiger partial charge >= 0.3 is 0 Å². The number of nitrogens with zero attached hydrogens (tertiary/aromatic N) is 5. The number of nitrogens with one attached hydrogen (secondary N) is 1. The molecule has 3 aromatic heterocycles. The highest BCUT2D eigenvalue weighted by Gasteiger charge is 2.16. The summed E-state index contributed by atoms with van der Waals surface area (Å²) in [5.41, 5.74) is 4.96. The molecular formula is C22H24N6O. The van der Waals surface area contributed by atoms with Crippen LogP contribution in [0.15, 0.2) is 48.9 Å². The first-order valence-corrected chi connectivity index (χ1v) is 9.82. The van der Waals surface area contributed by atoms with Gasteiger partial charge in [-0.2, -0.15) is 10.2 Å². The maximum Gasteiger partial charge on any atom is 0.252 e. The molecule has 1 N–H and O–H groups in total. The van der Waals surface area contributed by atoms with Crippen LogP contribution in [0, 0.1) is 6.92 Å². The summed E-state index contributed by atoms with van der Waals surface area (Å²) in [4.78, 5) is 17.8. The van der Waals surface area contributed by atoms with E-state index in [-0.39, 0.29) is 5.91 Å². The fourth-order valence-corrected chi connectivity index (χ4v) is 3.38. The van der Waals surface area contributed by atoms with E-state index in [9.17, 15) is 4.79 Å². The standard InChI is InChI=1S/C22H24N6O/c1-4-27-13-16(12-24-27)11-23-22(29)18-10-21(19-14-28(5-2)26-15(19)3)25-20-9-7-6-8-17(18)20/h6-10,12-14H,4-5,11H2,1-3H3,(H,23,29). The maximum atomic E-state index is 13.1. The van der Waals surface area contributed by atoms with Crippen molar-refractivity contribution in [3.63, 3.8) is 0 Å². The number of hydrogen-bond acceptors (Lipinski definition) is 4.